The van der Waals surface area contributed by atoms with Gasteiger partial charge in [0, 0.05) is 5.56 Å². The normalized spacial score (nSPS) is 39.3. The number of nitrogens with one attached hydrogen (secondary N) is 1. The summed E-state index contributed by atoms with van der Waals surface area (Å²) in [5.41, 5.74) is 0.598. The minimum atomic E-state index is -0.542. The van der Waals surface area contributed by atoms with Crippen LogP contribution in [0.5, 0.6) is 0 Å². The van der Waals surface area contributed by atoms with E-state index in [4.69, 9.17) is 0 Å². The summed E-state index contributed by atoms with van der Waals surface area (Å²) in [6, 6.07) is 10.7. The molecular formula is C22H31N2O2+. The molecule has 2 unspecified atom stereocenters. The molecule has 1 saturated heterocycles. The van der Waals surface area contributed by atoms with Gasteiger partial charge in [0.2, 0.25) is 5.91 Å². The van der Waals surface area contributed by atoms with Crippen molar-refractivity contribution in [1.29, 1.82) is 0 Å². The molecule has 1 heterocycles. The lowest BCUT2D eigenvalue weighted by molar-refractivity contribution is -0.917. The fourth-order valence-corrected chi connectivity index (χ4v) is 6.89. The van der Waals surface area contributed by atoms with Gasteiger partial charge in [-0.25, -0.2) is 0 Å². The molecule has 0 radical (unpaired) electrons. The second-order valence-electron chi connectivity index (χ2n) is 9.67. The molecule has 4 atom stereocenters. The van der Waals surface area contributed by atoms with Gasteiger partial charge < -0.3 is 14.9 Å². The fraction of sp³-hybridized carbons (Fsp3) is 0.682. The molecule has 5 aliphatic rings. The molecule has 2 N–H and O–H groups in total. The first-order chi connectivity index (χ1) is 12.5. The number of rotatable bonds is 3. The molecule has 1 aromatic rings. The summed E-state index contributed by atoms with van der Waals surface area (Å²) in [5, 5.41) is 10.9. The van der Waals surface area contributed by atoms with Crippen LogP contribution in [-0.4, -0.2) is 47.7 Å². The van der Waals surface area contributed by atoms with Crippen molar-refractivity contribution in [1.82, 2.24) is 4.90 Å². The van der Waals surface area contributed by atoms with Crippen molar-refractivity contribution in [2.45, 2.75) is 50.7 Å². The van der Waals surface area contributed by atoms with E-state index in [1.807, 2.05) is 0 Å². The predicted molar refractivity (Wildman–Crippen MR) is 99.5 cm³/mol. The maximum Gasteiger partial charge on any atom is 0.229 e. The molecule has 0 spiro atoms. The summed E-state index contributed by atoms with van der Waals surface area (Å²) >= 11 is 0. The van der Waals surface area contributed by atoms with Crippen LogP contribution in [0.1, 0.15) is 44.1 Å². The van der Waals surface area contributed by atoms with Crippen LogP contribution >= 0.6 is 0 Å². The van der Waals surface area contributed by atoms with Gasteiger partial charge in [-0.15, -0.1) is 0 Å². The van der Waals surface area contributed by atoms with Crippen LogP contribution < -0.4 is 4.90 Å². The van der Waals surface area contributed by atoms with Crippen molar-refractivity contribution in [3.63, 3.8) is 0 Å². The molecule has 0 aromatic heterocycles. The zero-order valence-corrected chi connectivity index (χ0v) is 15.6. The average molecular weight is 356 g/mol. The Labute approximate surface area is 156 Å². The van der Waals surface area contributed by atoms with E-state index in [1.54, 1.807) is 4.90 Å². The first-order valence-corrected chi connectivity index (χ1v) is 10.4. The molecule has 5 fully saturated rings. The Hall–Kier alpha value is -1.39. The number of carbonyl (C=O) groups is 1. The van der Waals surface area contributed by atoms with E-state index >= 15 is 0 Å². The van der Waals surface area contributed by atoms with Gasteiger partial charge in [0.1, 0.15) is 6.54 Å². The van der Waals surface area contributed by atoms with E-state index in [-0.39, 0.29) is 5.41 Å². The largest absolute Gasteiger partial charge is 0.390 e. The highest BCUT2D eigenvalue weighted by molar-refractivity contribution is 5.83. The molecule has 140 valence electrons. The van der Waals surface area contributed by atoms with Crippen molar-refractivity contribution < 1.29 is 14.8 Å². The highest BCUT2D eigenvalue weighted by Crippen LogP contribution is 2.62. The lowest BCUT2D eigenvalue weighted by Gasteiger charge is -2.60. The second-order valence-corrected chi connectivity index (χ2v) is 9.67. The van der Waals surface area contributed by atoms with Crippen LogP contribution in [0.15, 0.2) is 30.3 Å². The van der Waals surface area contributed by atoms with E-state index in [1.165, 1.54) is 12.0 Å². The van der Waals surface area contributed by atoms with Gasteiger partial charge in [-0.2, -0.15) is 0 Å². The van der Waals surface area contributed by atoms with Crippen LogP contribution in [0.3, 0.4) is 0 Å². The van der Waals surface area contributed by atoms with Crippen molar-refractivity contribution in [3.8, 4) is 0 Å². The number of carbonyl (C=O) groups excluding carboxylic acids is 1. The minimum Gasteiger partial charge on any atom is -0.390 e. The van der Waals surface area contributed by atoms with E-state index in [0.717, 1.165) is 64.8 Å². The molecule has 4 saturated carbocycles. The average Bonchev–Trinajstić information content (AvgIpc) is 2.60. The number of nitrogens with zero attached hydrogens (tertiary/aromatic N) is 1. The number of quaternary nitrogens is 1. The summed E-state index contributed by atoms with van der Waals surface area (Å²) in [4.78, 5) is 17.2. The van der Waals surface area contributed by atoms with Crippen LogP contribution in [0, 0.1) is 17.3 Å². The zero-order chi connectivity index (χ0) is 17.8. The Balaban J connectivity index is 1.24. The van der Waals surface area contributed by atoms with Gasteiger partial charge in [0.05, 0.1) is 37.2 Å². The molecule has 4 nitrogen and oxygen atoms in total. The van der Waals surface area contributed by atoms with Gasteiger partial charge in [0.25, 0.3) is 0 Å². The Morgan fingerprint density at radius 3 is 2.35 bits per heavy atom. The maximum atomic E-state index is 13.5. The minimum absolute atomic E-state index is 0.240. The number of amides is 1. The van der Waals surface area contributed by atoms with Crippen LogP contribution in [-0.2, 0) is 11.3 Å². The quantitative estimate of drug-likeness (QED) is 0.857. The van der Waals surface area contributed by atoms with Gasteiger partial charge in [-0.05, 0) is 50.4 Å². The molecule has 1 aromatic carbocycles. The molecule has 1 aliphatic heterocycles. The Bertz CT molecular complexity index is 667. The van der Waals surface area contributed by atoms with Crippen LogP contribution in [0.2, 0.25) is 0 Å². The SMILES string of the molecule is O=C(N1CC[NH+](Cc2ccccc2)CC1)C12C[C@@H]3C[C@@H](CC(O)(C3)C1)C2. The third-order valence-corrected chi connectivity index (χ3v) is 7.54. The fourth-order valence-electron chi connectivity index (χ4n) is 6.89. The lowest BCUT2D eigenvalue weighted by Crippen LogP contribution is -3.13. The number of hydrogen-bond acceptors (Lipinski definition) is 2. The van der Waals surface area contributed by atoms with Gasteiger partial charge >= 0.3 is 0 Å². The van der Waals surface area contributed by atoms with E-state index in [2.05, 4.69) is 35.2 Å². The van der Waals surface area contributed by atoms with Crippen molar-refractivity contribution in [2.24, 2.45) is 17.3 Å². The molecule has 26 heavy (non-hydrogen) atoms. The monoisotopic (exact) mass is 355 g/mol. The van der Waals surface area contributed by atoms with E-state index < -0.39 is 5.60 Å². The summed E-state index contributed by atoms with van der Waals surface area (Å²) < 4.78 is 0. The smallest absolute Gasteiger partial charge is 0.229 e. The molecule has 4 heteroatoms. The highest BCUT2D eigenvalue weighted by atomic mass is 16.3. The first-order valence-electron chi connectivity index (χ1n) is 10.4. The van der Waals surface area contributed by atoms with Crippen molar-refractivity contribution in [3.05, 3.63) is 35.9 Å². The third-order valence-electron chi connectivity index (χ3n) is 7.54. The summed E-state index contributed by atoms with van der Waals surface area (Å²) in [7, 11) is 0. The summed E-state index contributed by atoms with van der Waals surface area (Å²) in [6.07, 6.45) is 5.90. The van der Waals surface area contributed by atoms with E-state index in [0.29, 0.717) is 17.7 Å². The molecule has 4 bridgehead atoms. The molecule has 1 amide bonds. The molecular weight excluding hydrogens is 324 g/mol. The van der Waals surface area contributed by atoms with Gasteiger partial charge in [-0.3, -0.25) is 4.79 Å². The van der Waals surface area contributed by atoms with Gasteiger partial charge in [0.15, 0.2) is 0 Å². The molecule has 6 rings (SSSR count). The Morgan fingerprint density at radius 2 is 1.73 bits per heavy atom. The van der Waals surface area contributed by atoms with Gasteiger partial charge in [-0.1, -0.05) is 30.3 Å². The predicted octanol–water partition coefficient (Wildman–Crippen LogP) is 1.24. The molecule has 4 aliphatic carbocycles. The first kappa shape index (κ1) is 16.8. The van der Waals surface area contributed by atoms with Crippen molar-refractivity contribution >= 4 is 5.91 Å². The van der Waals surface area contributed by atoms with Crippen LogP contribution in [0.25, 0.3) is 0 Å². The summed E-state index contributed by atoms with van der Waals surface area (Å²) in [6.45, 7) is 4.87. The number of hydrogen-bond donors (Lipinski definition) is 2. The summed E-state index contributed by atoms with van der Waals surface area (Å²) in [5.74, 6) is 1.52. The Morgan fingerprint density at radius 1 is 1.08 bits per heavy atom. The third kappa shape index (κ3) is 2.87. The lowest BCUT2D eigenvalue weighted by atomic mass is 9.47. The highest BCUT2D eigenvalue weighted by Gasteiger charge is 2.60. The van der Waals surface area contributed by atoms with E-state index in [9.17, 15) is 9.90 Å². The topological polar surface area (TPSA) is 45.0 Å². The number of benzene rings is 1. The second kappa shape index (κ2) is 6.07. The number of aliphatic hydroxyl groups is 1. The number of piperazine rings is 1. The zero-order valence-electron chi connectivity index (χ0n) is 15.6. The maximum absolute atomic E-state index is 13.5. The standard InChI is InChI=1S/C22H30N2O2/c25-20(21-11-18-10-19(12-21)14-22(26,13-18)16-21)24-8-6-23(7-9-24)15-17-4-2-1-3-5-17/h1-5,18-19,26H,6-16H2/p+1/t18-,19+,21?,22?. The van der Waals surface area contributed by atoms with Crippen molar-refractivity contribution in [2.75, 3.05) is 26.2 Å². The Kier molecular flexibility index (Phi) is 3.91. The van der Waals surface area contributed by atoms with Crippen LogP contribution in [0.4, 0.5) is 0 Å².